The van der Waals surface area contributed by atoms with Crippen LogP contribution in [0.5, 0.6) is 0 Å². The maximum absolute atomic E-state index is 8.68. The third kappa shape index (κ3) is 2.99. The van der Waals surface area contributed by atoms with Crippen LogP contribution in [-0.4, -0.2) is 5.54 Å². The van der Waals surface area contributed by atoms with E-state index in [4.69, 9.17) is 5.26 Å². The van der Waals surface area contributed by atoms with Crippen LogP contribution >= 0.6 is 0 Å². The highest BCUT2D eigenvalue weighted by atomic mass is 15.0. The molecule has 0 heterocycles. The van der Waals surface area contributed by atoms with E-state index < -0.39 is 0 Å². The smallest absolute Gasteiger partial charge is 0.0991 e. The third-order valence-corrected chi connectivity index (χ3v) is 3.02. The zero-order chi connectivity index (χ0) is 11.3. The summed E-state index contributed by atoms with van der Waals surface area (Å²) in [6, 6.07) is 9.72. The maximum atomic E-state index is 8.68. The van der Waals surface area contributed by atoms with E-state index in [1.54, 1.807) is 0 Å². The van der Waals surface area contributed by atoms with Gasteiger partial charge in [0.15, 0.2) is 0 Å². The van der Waals surface area contributed by atoms with Crippen molar-refractivity contribution in [1.82, 2.24) is 0 Å². The highest BCUT2D eigenvalue weighted by Crippen LogP contribution is 2.21. The molecule has 1 N–H and O–H groups in total. The Kier molecular flexibility index (Phi) is 3.74. The molecular formula is C13H18N2. The Morgan fingerprint density at radius 2 is 1.73 bits per heavy atom. The number of nitrogens with zero attached hydrogens (tertiary/aromatic N) is 1. The largest absolute Gasteiger partial charge is 0.380 e. The van der Waals surface area contributed by atoms with Gasteiger partial charge in [-0.05, 0) is 44.0 Å². The van der Waals surface area contributed by atoms with Crippen LogP contribution in [0.25, 0.3) is 0 Å². The molecule has 0 aliphatic carbocycles. The second-order valence-electron chi connectivity index (χ2n) is 4.08. The summed E-state index contributed by atoms with van der Waals surface area (Å²) in [5.41, 5.74) is 1.93. The van der Waals surface area contributed by atoms with Gasteiger partial charge in [-0.15, -0.1) is 0 Å². The van der Waals surface area contributed by atoms with Crippen molar-refractivity contribution >= 4 is 5.69 Å². The normalized spacial score (nSPS) is 10.8. The maximum Gasteiger partial charge on any atom is 0.0991 e. The van der Waals surface area contributed by atoms with Crippen LogP contribution in [-0.2, 0) is 0 Å². The fourth-order valence-corrected chi connectivity index (χ4v) is 1.40. The minimum atomic E-state index is 0.147. The van der Waals surface area contributed by atoms with Crippen molar-refractivity contribution in [3.05, 3.63) is 29.8 Å². The molecule has 0 amide bonds. The highest BCUT2D eigenvalue weighted by molar-refractivity contribution is 5.48. The van der Waals surface area contributed by atoms with E-state index in [9.17, 15) is 0 Å². The molecule has 0 fully saturated rings. The molecule has 0 aliphatic rings. The van der Waals surface area contributed by atoms with Crippen molar-refractivity contribution in [2.75, 3.05) is 5.32 Å². The van der Waals surface area contributed by atoms with Crippen molar-refractivity contribution in [3.63, 3.8) is 0 Å². The monoisotopic (exact) mass is 202 g/mol. The Bertz CT molecular complexity index is 342. The van der Waals surface area contributed by atoms with Gasteiger partial charge in [-0.2, -0.15) is 5.26 Å². The van der Waals surface area contributed by atoms with Gasteiger partial charge in [0.05, 0.1) is 11.6 Å². The second-order valence-corrected chi connectivity index (χ2v) is 4.08. The zero-order valence-electron chi connectivity index (χ0n) is 9.67. The van der Waals surface area contributed by atoms with Gasteiger partial charge >= 0.3 is 0 Å². The molecule has 1 aromatic carbocycles. The van der Waals surface area contributed by atoms with Gasteiger partial charge in [0, 0.05) is 11.2 Å². The van der Waals surface area contributed by atoms with Crippen LogP contribution in [0, 0.1) is 11.3 Å². The van der Waals surface area contributed by atoms with E-state index in [-0.39, 0.29) is 5.54 Å². The molecule has 1 rings (SSSR count). The Labute approximate surface area is 91.9 Å². The Balaban J connectivity index is 2.77. The van der Waals surface area contributed by atoms with Gasteiger partial charge in [-0.1, -0.05) is 13.8 Å². The Morgan fingerprint density at radius 3 is 2.13 bits per heavy atom. The van der Waals surface area contributed by atoms with Crippen LogP contribution in [0.2, 0.25) is 0 Å². The van der Waals surface area contributed by atoms with Crippen LogP contribution < -0.4 is 5.32 Å². The molecule has 0 aromatic heterocycles. The summed E-state index contributed by atoms with van der Waals surface area (Å²) >= 11 is 0. The quantitative estimate of drug-likeness (QED) is 0.810. The van der Waals surface area contributed by atoms with E-state index in [0.29, 0.717) is 5.56 Å². The molecule has 80 valence electrons. The highest BCUT2D eigenvalue weighted by Gasteiger charge is 2.18. The van der Waals surface area contributed by atoms with Crippen LogP contribution in [0.3, 0.4) is 0 Å². The molecule has 1 aromatic rings. The van der Waals surface area contributed by atoms with E-state index in [0.717, 1.165) is 18.5 Å². The second kappa shape index (κ2) is 4.84. The van der Waals surface area contributed by atoms with Crippen molar-refractivity contribution < 1.29 is 0 Å². The number of hydrogen-bond acceptors (Lipinski definition) is 2. The van der Waals surface area contributed by atoms with Crippen LogP contribution in [0.15, 0.2) is 24.3 Å². The zero-order valence-corrected chi connectivity index (χ0v) is 9.67. The predicted molar refractivity (Wildman–Crippen MR) is 63.8 cm³/mol. The average Bonchev–Trinajstić information content (AvgIpc) is 2.30. The van der Waals surface area contributed by atoms with Crippen LogP contribution in [0.1, 0.15) is 39.2 Å². The fraction of sp³-hybridized carbons (Fsp3) is 0.462. The number of nitriles is 1. The first-order chi connectivity index (χ1) is 7.13. The van der Waals surface area contributed by atoms with E-state index in [1.165, 1.54) is 0 Å². The van der Waals surface area contributed by atoms with Gasteiger partial charge in [0.1, 0.15) is 0 Å². The van der Waals surface area contributed by atoms with Gasteiger partial charge in [-0.3, -0.25) is 0 Å². The molecule has 0 saturated heterocycles. The number of rotatable bonds is 4. The Morgan fingerprint density at radius 1 is 1.20 bits per heavy atom. The molecular weight excluding hydrogens is 184 g/mol. The molecule has 0 saturated carbocycles. The number of anilines is 1. The molecule has 0 atom stereocenters. The summed E-state index contributed by atoms with van der Waals surface area (Å²) < 4.78 is 0. The standard InChI is InChI=1S/C13H18N2/c1-4-13(3,5-2)15-12-8-6-11(10-14)7-9-12/h6-9,15H,4-5H2,1-3H3. The first-order valence-corrected chi connectivity index (χ1v) is 5.42. The molecule has 0 radical (unpaired) electrons. The van der Waals surface area contributed by atoms with Gasteiger partial charge < -0.3 is 5.32 Å². The number of benzene rings is 1. The van der Waals surface area contributed by atoms with Crippen molar-refractivity contribution in [1.29, 1.82) is 5.26 Å². The van der Waals surface area contributed by atoms with Gasteiger partial charge in [-0.25, -0.2) is 0 Å². The molecule has 0 spiro atoms. The lowest BCUT2D eigenvalue weighted by Crippen LogP contribution is -2.32. The summed E-state index contributed by atoms with van der Waals surface area (Å²) in [7, 11) is 0. The van der Waals surface area contributed by atoms with Gasteiger partial charge in [0.25, 0.3) is 0 Å². The number of hydrogen-bond donors (Lipinski definition) is 1. The summed E-state index contributed by atoms with van der Waals surface area (Å²) in [5, 5.41) is 12.2. The first kappa shape index (κ1) is 11.6. The van der Waals surface area contributed by atoms with E-state index in [2.05, 4.69) is 32.2 Å². The molecule has 2 heteroatoms. The molecule has 0 bridgehead atoms. The van der Waals surface area contributed by atoms with Gasteiger partial charge in [0.2, 0.25) is 0 Å². The van der Waals surface area contributed by atoms with E-state index in [1.807, 2.05) is 24.3 Å². The third-order valence-electron chi connectivity index (χ3n) is 3.02. The SMILES string of the molecule is CCC(C)(CC)Nc1ccc(C#N)cc1. The number of nitrogens with one attached hydrogen (secondary N) is 1. The lowest BCUT2D eigenvalue weighted by Gasteiger charge is -2.29. The predicted octanol–water partition coefficient (Wildman–Crippen LogP) is 3.55. The lowest BCUT2D eigenvalue weighted by atomic mass is 9.95. The molecule has 15 heavy (non-hydrogen) atoms. The first-order valence-electron chi connectivity index (χ1n) is 5.42. The summed E-state index contributed by atoms with van der Waals surface area (Å²) in [6.45, 7) is 6.57. The minimum Gasteiger partial charge on any atom is -0.380 e. The van der Waals surface area contributed by atoms with Crippen LogP contribution in [0.4, 0.5) is 5.69 Å². The molecule has 0 aliphatic heterocycles. The Hall–Kier alpha value is -1.49. The van der Waals surface area contributed by atoms with Crippen molar-refractivity contribution in [2.45, 2.75) is 39.2 Å². The van der Waals surface area contributed by atoms with Crippen molar-refractivity contribution in [2.24, 2.45) is 0 Å². The summed E-state index contributed by atoms with van der Waals surface area (Å²) in [5.74, 6) is 0. The van der Waals surface area contributed by atoms with E-state index >= 15 is 0 Å². The average molecular weight is 202 g/mol. The summed E-state index contributed by atoms with van der Waals surface area (Å²) in [6.07, 6.45) is 2.17. The van der Waals surface area contributed by atoms with Crippen molar-refractivity contribution in [3.8, 4) is 6.07 Å². The summed E-state index contributed by atoms with van der Waals surface area (Å²) in [4.78, 5) is 0. The topological polar surface area (TPSA) is 35.8 Å². The minimum absolute atomic E-state index is 0.147. The fourth-order valence-electron chi connectivity index (χ4n) is 1.40. The lowest BCUT2D eigenvalue weighted by molar-refractivity contribution is 0.478. The molecule has 2 nitrogen and oxygen atoms in total. The molecule has 0 unspecified atom stereocenters.